The Bertz CT molecular complexity index is 433. The Morgan fingerprint density at radius 1 is 1.17 bits per heavy atom. The zero-order valence-electron chi connectivity index (χ0n) is 8.68. The predicted octanol–water partition coefficient (Wildman–Crippen LogP) is 3.10. The molecule has 0 aliphatic heterocycles. The summed E-state index contributed by atoms with van der Waals surface area (Å²) in [5.41, 5.74) is -5.59. The van der Waals surface area contributed by atoms with Crippen LogP contribution in [0, 0.1) is 5.92 Å². The lowest BCUT2D eigenvalue weighted by atomic mass is 9.93. The second-order valence-corrected chi connectivity index (χ2v) is 5.20. The summed E-state index contributed by atoms with van der Waals surface area (Å²) in [6.07, 6.45) is -5.32. The molecule has 0 fully saturated rings. The van der Waals surface area contributed by atoms with E-state index in [4.69, 9.17) is 0 Å². The number of alkyl halides is 6. The van der Waals surface area contributed by atoms with Gasteiger partial charge in [0.25, 0.3) is 0 Å². The van der Waals surface area contributed by atoms with E-state index in [1.807, 2.05) is 0 Å². The molecule has 1 aliphatic rings. The molecular weight excluding hydrogens is 290 g/mol. The minimum atomic E-state index is -5.80. The molecule has 0 aromatic carbocycles. The first-order valence-corrected chi connectivity index (χ1v) is 6.11. The number of halogens is 6. The Labute approximate surface area is 98.5 Å². The first kappa shape index (κ1) is 15.1. The van der Waals surface area contributed by atoms with E-state index in [1.165, 1.54) is 0 Å². The van der Waals surface area contributed by atoms with E-state index < -0.39 is 52.7 Å². The van der Waals surface area contributed by atoms with Crippen molar-refractivity contribution in [2.45, 2.75) is 30.9 Å². The first-order chi connectivity index (χ1) is 7.93. The number of hydrogen-bond acceptors (Lipinski definition) is 3. The largest absolute Gasteiger partial charge is 0.534 e. The summed E-state index contributed by atoms with van der Waals surface area (Å²) < 4.78 is 97.4. The van der Waals surface area contributed by atoms with Gasteiger partial charge in [-0.3, -0.25) is 0 Å². The fourth-order valence-corrected chi connectivity index (χ4v) is 1.90. The van der Waals surface area contributed by atoms with Crippen molar-refractivity contribution < 1.29 is 38.9 Å². The van der Waals surface area contributed by atoms with Crippen molar-refractivity contribution in [1.82, 2.24) is 0 Å². The van der Waals surface area contributed by atoms with E-state index in [-0.39, 0.29) is 0 Å². The summed E-state index contributed by atoms with van der Waals surface area (Å²) in [7, 11) is -5.80. The van der Waals surface area contributed by atoms with Crippen molar-refractivity contribution in [3.8, 4) is 0 Å². The van der Waals surface area contributed by atoms with Gasteiger partial charge in [-0.25, -0.2) is 0 Å². The molecule has 3 nitrogen and oxygen atoms in total. The SMILES string of the molecule is O=S(=O)(OC1=CCC(C(F)(F)F)CC1)C(F)(F)F. The van der Waals surface area contributed by atoms with Gasteiger partial charge in [-0.1, -0.05) is 0 Å². The molecule has 0 bridgehead atoms. The topological polar surface area (TPSA) is 43.4 Å². The van der Waals surface area contributed by atoms with Gasteiger partial charge in [0.2, 0.25) is 0 Å². The van der Waals surface area contributed by atoms with E-state index in [9.17, 15) is 34.8 Å². The standard InChI is InChI=1S/C8H8F6O3S/c9-7(10,11)5-1-3-6(4-2-5)17-18(15,16)8(12,13)14/h3,5H,1-2,4H2. The van der Waals surface area contributed by atoms with Crippen LogP contribution in [0.1, 0.15) is 19.3 Å². The van der Waals surface area contributed by atoms with Crippen LogP contribution in [-0.2, 0) is 14.3 Å². The lowest BCUT2D eigenvalue weighted by molar-refractivity contribution is -0.176. The molecule has 1 unspecified atom stereocenters. The molecule has 0 saturated carbocycles. The van der Waals surface area contributed by atoms with Crippen molar-refractivity contribution in [2.75, 3.05) is 0 Å². The molecule has 0 saturated heterocycles. The van der Waals surface area contributed by atoms with Crippen molar-refractivity contribution >= 4 is 10.1 Å². The highest BCUT2D eigenvalue weighted by Gasteiger charge is 2.49. The normalized spacial score (nSPS) is 22.6. The van der Waals surface area contributed by atoms with Gasteiger partial charge in [0.1, 0.15) is 5.76 Å². The Morgan fingerprint density at radius 3 is 2.06 bits per heavy atom. The zero-order chi connectivity index (χ0) is 14.2. The molecule has 0 N–H and O–H groups in total. The Morgan fingerprint density at radius 2 is 1.72 bits per heavy atom. The second kappa shape index (κ2) is 4.63. The molecule has 0 radical (unpaired) electrons. The summed E-state index contributed by atoms with van der Waals surface area (Å²) in [6, 6.07) is 0. The van der Waals surface area contributed by atoms with E-state index in [2.05, 4.69) is 4.18 Å². The number of allylic oxidation sites excluding steroid dienone is 2. The van der Waals surface area contributed by atoms with Gasteiger partial charge in [0, 0.05) is 6.42 Å². The average Bonchev–Trinajstić information content (AvgIpc) is 2.14. The molecule has 106 valence electrons. The van der Waals surface area contributed by atoms with Gasteiger partial charge in [0.05, 0.1) is 5.92 Å². The van der Waals surface area contributed by atoms with Crippen LogP contribution in [-0.4, -0.2) is 20.1 Å². The number of rotatable bonds is 2. The monoisotopic (exact) mass is 298 g/mol. The van der Waals surface area contributed by atoms with Crippen molar-refractivity contribution in [3.63, 3.8) is 0 Å². The summed E-state index contributed by atoms with van der Waals surface area (Å²) in [5, 5.41) is 0. The highest BCUT2D eigenvalue weighted by atomic mass is 32.2. The van der Waals surface area contributed by atoms with Gasteiger partial charge < -0.3 is 4.18 Å². The summed E-state index contributed by atoms with van der Waals surface area (Å²) in [4.78, 5) is 0. The molecule has 1 atom stereocenters. The smallest absolute Gasteiger partial charge is 0.381 e. The maximum Gasteiger partial charge on any atom is 0.534 e. The molecule has 1 rings (SSSR count). The predicted molar refractivity (Wildman–Crippen MR) is 47.5 cm³/mol. The van der Waals surface area contributed by atoms with Crippen LogP contribution >= 0.6 is 0 Å². The van der Waals surface area contributed by atoms with Gasteiger partial charge in [-0.2, -0.15) is 34.8 Å². The first-order valence-electron chi connectivity index (χ1n) is 4.70. The summed E-state index contributed by atoms with van der Waals surface area (Å²) in [6.45, 7) is 0. The highest BCUT2D eigenvalue weighted by Crippen LogP contribution is 2.38. The van der Waals surface area contributed by atoms with Gasteiger partial charge >= 0.3 is 21.8 Å². The maximum atomic E-state index is 12.2. The summed E-state index contributed by atoms with van der Waals surface area (Å²) in [5.74, 6) is -2.29. The van der Waals surface area contributed by atoms with Crippen molar-refractivity contribution in [2.24, 2.45) is 5.92 Å². The Balaban J connectivity index is 2.72. The van der Waals surface area contributed by atoms with E-state index >= 15 is 0 Å². The molecule has 0 spiro atoms. The van der Waals surface area contributed by atoms with Crippen molar-refractivity contribution in [3.05, 3.63) is 11.8 Å². The molecule has 0 aromatic rings. The molecular formula is C8H8F6O3S. The Hall–Kier alpha value is -0.930. The third-order valence-electron chi connectivity index (χ3n) is 2.33. The van der Waals surface area contributed by atoms with Crippen LogP contribution in [0.5, 0.6) is 0 Å². The fourth-order valence-electron chi connectivity index (χ4n) is 1.37. The molecule has 0 amide bonds. The molecule has 0 aromatic heterocycles. The third-order valence-corrected chi connectivity index (χ3v) is 3.33. The molecule has 1 aliphatic carbocycles. The van der Waals surface area contributed by atoms with Crippen molar-refractivity contribution in [1.29, 1.82) is 0 Å². The minimum absolute atomic E-state index is 0.497. The second-order valence-electron chi connectivity index (χ2n) is 3.67. The van der Waals surface area contributed by atoms with Gasteiger partial charge in [0.15, 0.2) is 0 Å². The lowest BCUT2D eigenvalue weighted by Crippen LogP contribution is -2.28. The maximum absolute atomic E-state index is 12.2. The van der Waals surface area contributed by atoms with Crippen LogP contribution in [0.25, 0.3) is 0 Å². The van der Waals surface area contributed by atoms with Crippen LogP contribution in [0.15, 0.2) is 11.8 Å². The van der Waals surface area contributed by atoms with E-state index in [0.717, 1.165) is 6.08 Å². The average molecular weight is 298 g/mol. The number of hydrogen-bond donors (Lipinski definition) is 0. The van der Waals surface area contributed by atoms with E-state index in [0.29, 0.717) is 0 Å². The third kappa shape index (κ3) is 3.53. The molecule has 18 heavy (non-hydrogen) atoms. The molecule has 10 heteroatoms. The van der Waals surface area contributed by atoms with Crippen LogP contribution in [0.4, 0.5) is 26.3 Å². The van der Waals surface area contributed by atoms with Crippen LogP contribution in [0.2, 0.25) is 0 Å². The minimum Gasteiger partial charge on any atom is -0.381 e. The summed E-state index contributed by atoms with van der Waals surface area (Å²) >= 11 is 0. The zero-order valence-corrected chi connectivity index (χ0v) is 9.49. The molecule has 0 heterocycles. The fraction of sp³-hybridized carbons (Fsp3) is 0.750. The van der Waals surface area contributed by atoms with Gasteiger partial charge in [-0.05, 0) is 18.9 Å². The van der Waals surface area contributed by atoms with E-state index in [1.54, 1.807) is 0 Å². The highest BCUT2D eigenvalue weighted by molar-refractivity contribution is 7.87. The quantitative estimate of drug-likeness (QED) is 0.447. The Kier molecular flexibility index (Phi) is 3.89. The van der Waals surface area contributed by atoms with Gasteiger partial charge in [-0.15, -0.1) is 0 Å². The van der Waals surface area contributed by atoms with Crippen LogP contribution < -0.4 is 0 Å². The lowest BCUT2D eigenvalue weighted by Gasteiger charge is -2.23. The van der Waals surface area contributed by atoms with Crippen LogP contribution in [0.3, 0.4) is 0 Å².